The van der Waals surface area contributed by atoms with Gasteiger partial charge in [-0.2, -0.15) is 0 Å². The fourth-order valence-electron chi connectivity index (χ4n) is 0.182. The van der Waals surface area contributed by atoms with Crippen LogP contribution in [0.25, 0.3) is 0 Å². The second kappa shape index (κ2) is 3.56. The molecule has 0 N–H and O–H groups in total. The molecule has 3 nitrogen and oxygen atoms in total. The lowest BCUT2D eigenvalue weighted by Crippen LogP contribution is -2.00. The molecule has 0 fully saturated rings. The summed E-state index contributed by atoms with van der Waals surface area (Å²) in [7, 11) is 3.40. The second-order valence-corrected chi connectivity index (χ2v) is 1.75. The van der Waals surface area contributed by atoms with Crippen molar-refractivity contribution in [3.05, 3.63) is 0 Å². The molecule has 0 amide bonds. The van der Waals surface area contributed by atoms with Gasteiger partial charge >= 0.3 is 0 Å². The van der Waals surface area contributed by atoms with Gasteiger partial charge in [-0.25, -0.2) is 0 Å². The van der Waals surface area contributed by atoms with Crippen LogP contribution >= 0.6 is 9.24 Å². The third-order valence-corrected chi connectivity index (χ3v) is 1.00. The molecule has 0 heterocycles. The van der Waals surface area contributed by atoms with Crippen molar-refractivity contribution in [1.82, 2.24) is 0 Å². The fraction of sp³-hybridized carbons (Fsp3) is 0.500. The first-order valence-corrected chi connectivity index (χ1v) is 2.63. The summed E-state index contributed by atoms with van der Waals surface area (Å²) in [5, 5.41) is 3.37. The van der Waals surface area contributed by atoms with Gasteiger partial charge in [-0.1, -0.05) is 14.4 Å². The predicted molar refractivity (Wildman–Crippen MR) is 34.8 cm³/mol. The molecule has 0 aliphatic rings. The van der Waals surface area contributed by atoms with Gasteiger partial charge in [0, 0.05) is 0 Å². The number of rotatable bonds is 2. The van der Waals surface area contributed by atoms with E-state index in [0.717, 1.165) is 0 Å². The standard InChI is InChI=1S/C4H8NO2P/c1-3(4(6)8)5-7-2/h8H2,1-2H3. The normalized spacial score (nSPS) is 11.1. The van der Waals surface area contributed by atoms with E-state index in [-0.39, 0.29) is 5.52 Å². The molecule has 46 valence electrons. The van der Waals surface area contributed by atoms with Crippen molar-refractivity contribution in [3.8, 4) is 0 Å². The van der Waals surface area contributed by atoms with Crippen LogP contribution in [-0.2, 0) is 9.63 Å². The van der Waals surface area contributed by atoms with Crippen LogP contribution in [0.5, 0.6) is 0 Å². The second-order valence-electron chi connectivity index (χ2n) is 1.22. The van der Waals surface area contributed by atoms with Crippen LogP contribution in [0.15, 0.2) is 5.16 Å². The first kappa shape index (κ1) is 7.57. The van der Waals surface area contributed by atoms with Crippen LogP contribution in [0.3, 0.4) is 0 Å². The molecule has 0 saturated carbocycles. The Morgan fingerprint density at radius 3 is 2.38 bits per heavy atom. The minimum absolute atomic E-state index is 0.146. The molecule has 0 bridgehead atoms. The quantitative estimate of drug-likeness (QED) is 0.311. The van der Waals surface area contributed by atoms with E-state index < -0.39 is 0 Å². The largest absolute Gasteiger partial charge is 0.399 e. The molecule has 0 aliphatic heterocycles. The van der Waals surface area contributed by atoms with Gasteiger partial charge in [0.2, 0.25) is 0 Å². The molecule has 0 radical (unpaired) electrons. The maximum atomic E-state index is 10.3. The molecular weight excluding hydrogens is 125 g/mol. The van der Waals surface area contributed by atoms with Gasteiger partial charge in [0.1, 0.15) is 12.8 Å². The first-order chi connectivity index (χ1) is 3.68. The van der Waals surface area contributed by atoms with Crippen LogP contribution in [0, 0.1) is 0 Å². The minimum Gasteiger partial charge on any atom is -0.399 e. The third-order valence-electron chi connectivity index (χ3n) is 0.585. The van der Waals surface area contributed by atoms with Crippen molar-refractivity contribution in [1.29, 1.82) is 0 Å². The van der Waals surface area contributed by atoms with E-state index in [0.29, 0.717) is 5.71 Å². The Labute approximate surface area is 50.3 Å². The number of hydrogen-bond acceptors (Lipinski definition) is 3. The average molecular weight is 133 g/mol. The summed E-state index contributed by atoms with van der Waals surface area (Å²) < 4.78 is 0. The number of carbonyl (C=O) groups is 1. The summed E-state index contributed by atoms with van der Waals surface area (Å²) in [4.78, 5) is 14.6. The Hall–Kier alpha value is -0.430. The van der Waals surface area contributed by atoms with Crippen molar-refractivity contribution in [2.45, 2.75) is 6.92 Å². The van der Waals surface area contributed by atoms with Gasteiger partial charge < -0.3 is 4.84 Å². The highest BCUT2D eigenvalue weighted by molar-refractivity contribution is 7.45. The summed E-state index contributed by atoms with van der Waals surface area (Å²) in [6, 6.07) is 0. The van der Waals surface area contributed by atoms with Crippen molar-refractivity contribution in [2.75, 3.05) is 7.11 Å². The smallest absolute Gasteiger partial charge is 0.195 e. The first-order valence-electron chi connectivity index (χ1n) is 2.06. The lowest BCUT2D eigenvalue weighted by molar-refractivity contribution is -0.105. The molecule has 4 heteroatoms. The summed E-state index contributed by atoms with van der Waals surface area (Å²) in [5.74, 6) is 0. The van der Waals surface area contributed by atoms with Crippen molar-refractivity contribution in [2.24, 2.45) is 5.16 Å². The lowest BCUT2D eigenvalue weighted by atomic mass is 10.5. The predicted octanol–water partition coefficient (Wildman–Crippen LogP) is 0.410. The number of hydrogen-bond donors (Lipinski definition) is 0. The number of carbonyl (C=O) groups excluding carboxylic acids is 1. The minimum atomic E-state index is -0.146. The number of oxime groups is 1. The monoisotopic (exact) mass is 133 g/mol. The zero-order chi connectivity index (χ0) is 6.57. The SMILES string of the molecule is CON=C(C)C(=O)P. The van der Waals surface area contributed by atoms with Crippen molar-refractivity contribution < 1.29 is 9.63 Å². The molecule has 0 aromatic rings. The van der Waals surface area contributed by atoms with E-state index in [2.05, 4.69) is 9.99 Å². The molecule has 1 unspecified atom stereocenters. The van der Waals surface area contributed by atoms with E-state index in [1.165, 1.54) is 7.11 Å². The highest BCUT2D eigenvalue weighted by atomic mass is 31.0. The Kier molecular flexibility index (Phi) is 3.37. The molecule has 0 rings (SSSR count). The van der Waals surface area contributed by atoms with Gasteiger partial charge in [0.05, 0.1) is 0 Å². The van der Waals surface area contributed by atoms with Crippen LogP contribution in [-0.4, -0.2) is 18.3 Å². The topological polar surface area (TPSA) is 38.7 Å². The lowest BCUT2D eigenvalue weighted by Gasteiger charge is -1.88. The summed E-state index contributed by atoms with van der Waals surface area (Å²) in [6.45, 7) is 1.58. The fourth-order valence-corrected chi connectivity index (χ4v) is 0.235. The summed E-state index contributed by atoms with van der Waals surface area (Å²) >= 11 is 0. The molecule has 0 aliphatic carbocycles. The molecular formula is C4H8NO2P. The van der Waals surface area contributed by atoms with E-state index in [9.17, 15) is 4.79 Å². The van der Waals surface area contributed by atoms with Crippen LogP contribution < -0.4 is 0 Å². The Morgan fingerprint density at radius 2 is 2.25 bits per heavy atom. The number of nitrogens with zero attached hydrogens (tertiary/aromatic N) is 1. The van der Waals surface area contributed by atoms with Gasteiger partial charge in [-0.05, 0) is 6.92 Å². The van der Waals surface area contributed by atoms with Crippen LogP contribution in [0.4, 0.5) is 0 Å². The summed E-state index contributed by atoms with van der Waals surface area (Å²) in [6.07, 6.45) is 0. The third kappa shape index (κ3) is 2.69. The van der Waals surface area contributed by atoms with Crippen molar-refractivity contribution in [3.63, 3.8) is 0 Å². The zero-order valence-corrected chi connectivity index (χ0v) is 6.00. The molecule has 8 heavy (non-hydrogen) atoms. The highest BCUT2D eigenvalue weighted by Crippen LogP contribution is 1.88. The van der Waals surface area contributed by atoms with E-state index >= 15 is 0 Å². The summed E-state index contributed by atoms with van der Waals surface area (Å²) in [5.41, 5.74) is 0.212. The van der Waals surface area contributed by atoms with Gasteiger partial charge in [0.25, 0.3) is 0 Å². The van der Waals surface area contributed by atoms with E-state index in [1.807, 2.05) is 9.24 Å². The van der Waals surface area contributed by atoms with E-state index in [1.54, 1.807) is 6.92 Å². The molecule has 0 aromatic heterocycles. The van der Waals surface area contributed by atoms with Gasteiger partial charge in [-0.3, -0.25) is 4.79 Å². The Bertz CT molecular complexity index is 121. The van der Waals surface area contributed by atoms with Crippen LogP contribution in [0.2, 0.25) is 0 Å². The van der Waals surface area contributed by atoms with Crippen molar-refractivity contribution >= 4 is 20.5 Å². The van der Waals surface area contributed by atoms with Gasteiger partial charge in [0.15, 0.2) is 5.52 Å². The Balaban J connectivity index is 3.80. The molecule has 1 atom stereocenters. The average Bonchev–Trinajstić information content (AvgIpc) is 1.67. The van der Waals surface area contributed by atoms with E-state index in [4.69, 9.17) is 0 Å². The Morgan fingerprint density at radius 1 is 1.75 bits per heavy atom. The zero-order valence-electron chi connectivity index (χ0n) is 4.84. The maximum absolute atomic E-state index is 10.3. The highest BCUT2D eigenvalue weighted by Gasteiger charge is 1.95. The van der Waals surface area contributed by atoms with Gasteiger partial charge in [-0.15, -0.1) is 0 Å². The van der Waals surface area contributed by atoms with Crippen LogP contribution in [0.1, 0.15) is 6.92 Å². The molecule has 0 aromatic carbocycles. The maximum Gasteiger partial charge on any atom is 0.195 e. The molecule has 0 spiro atoms. The molecule has 0 saturated heterocycles.